The van der Waals surface area contributed by atoms with Crippen LogP contribution < -0.4 is 15.0 Å². The number of fused-ring (bicyclic) bond motifs is 2. The van der Waals surface area contributed by atoms with Crippen molar-refractivity contribution in [1.82, 2.24) is 10.3 Å². The lowest BCUT2D eigenvalue weighted by atomic mass is 10.1. The molecule has 1 aromatic carbocycles. The van der Waals surface area contributed by atoms with Crippen molar-refractivity contribution in [3.8, 4) is 5.75 Å². The summed E-state index contributed by atoms with van der Waals surface area (Å²) in [6.45, 7) is -1.81. The third-order valence-electron chi connectivity index (χ3n) is 4.07. The van der Waals surface area contributed by atoms with Gasteiger partial charge in [0.1, 0.15) is 17.7 Å². The first-order valence-corrected chi connectivity index (χ1v) is 7.16. The van der Waals surface area contributed by atoms with Crippen LogP contribution in [0.15, 0.2) is 30.5 Å². The number of carbonyl (C=O) groups excluding carboxylic acids is 1. The zero-order chi connectivity index (χ0) is 16.0. The highest BCUT2D eigenvalue weighted by molar-refractivity contribution is 5.93. The van der Waals surface area contributed by atoms with Crippen molar-refractivity contribution in [3.05, 3.63) is 30.5 Å². The predicted octanol–water partition coefficient (Wildman–Crippen LogP) is 2.13. The van der Waals surface area contributed by atoms with Gasteiger partial charge in [-0.3, -0.25) is 0 Å². The van der Waals surface area contributed by atoms with E-state index in [4.69, 9.17) is 4.74 Å². The van der Waals surface area contributed by atoms with Crippen LogP contribution in [0.3, 0.4) is 0 Å². The number of carbonyl (C=O) groups is 1. The van der Waals surface area contributed by atoms with Crippen LogP contribution in [-0.2, 0) is 4.74 Å². The van der Waals surface area contributed by atoms with E-state index in [-0.39, 0.29) is 17.9 Å². The van der Waals surface area contributed by atoms with Crippen LogP contribution in [0.2, 0.25) is 0 Å². The number of aromatic nitrogens is 1. The van der Waals surface area contributed by atoms with Gasteiger partial charge in [-0.25, -0.2) is 9.78 Å². The molecule has 1 N–H and O–H groups in total. The largest absolute Gasteiger partial charge is 0.442 e. The average Bonchev–Trinajstić information content (AvgIpc) is 3.03. The van der Waals surface area contributed by atoms with Crippen LogP contribution in [0.4, 0.5) is 19.4 Å². The average molecular weight is 321 g/mol. The number of rotatable bonds is 3. The van der Waals surface area contributed by atoms with Gasteiger partial charge in [-0.2, -0.15) is 8.78 Å². The number of nitrogens with one attached hydrogen (secondary N) is 1. The highest BCUT2D eigenvalue weighted by Crippen LogP contribution is 2.32. The molecule has 0 radical (unpaired) electrons. The number of pyridine rings is 1. The molecule has 2 unspecified atom stereocenters. The molecule has 2 aliphatic heterocycles. The normalized spacial score (nSPS) is 23.1. The summed E-state index contributed by atoms with van der Waals surface area (Å²) >= 11 is 0. The van der Waals surface area contributed by atoms with E-state index in [1.54, 1.807) is 24.4 Å². The standard InChI is InChI=1S/C15H13F2N3O3/c16-14(17)22-9-2-1-8-3-4-18-13(10(8)5-9)20-6-11-12(7-20)23-15(21)19-11/h1-5,11-12,14H,6-7H2,(H,19,21). The van der Waals surface area contributed by atoms with Gasteiger partial charge in [0.15, 0.2) is 0 Å². The number of anilines is 1. The summed E-state index contributed by atoms with van der Waals surface area (Å²) in [5.74, 6) is 0.750. The van der Waals surface area contributed by atoms with E-state index in [9.17, 15) is 13.6 Å². The Balaban J connectivity index is 1.68. The number of alkyl carbamates (subject to hydrolysis) is 1. The Kier molecular flexibility index (Phi) is 3.17. The van der Waals surface area contributed by atoms with E-state index in [0.29, 0.717) is 18.9 Å². The van der Waals surface area contributed by atoms with E-state index in [1.807, 2.05) is 4.90 Å². The van der Waals surface area contributed by atoms with Gasteiger partial charge in [-0.05, 0) is 23.6 Å². The molecule has 1 aromatic heterocycles. The molecule has 0 spiro atoms. The number of hydrogen-bond acceptors (Lipinski definition) is 5. The minimum atomic E-state index is -2.87. The first-order chi connectivity index (χ1) is 11.1. The molecule has 4 rings (SSSR count). The third-order valence-corrected chi connectivity index (χ3v) is 4.07. The highest BCUT2D eigenvalue weighted by atomic mass is 19.3. The van der Waals surface area contributed by atoms with E-state index in [2.05, 4.69) is 15.0 Å². The lowest BCUT2D eigenvalue weighted by molar-refractivity contribution is -0.0497. The van der Waals surface area contributed by atoms with Crippen LogP contribution in [0.25, 0.3) is 10.8 Å². The molecule has 2 fully saturated rings. The summed E-state index contributed by atoms with van der Waals surface area (Å²) < 4.78 is 34.5. The van der Waals surface area contributed by atoms with Gasteiger partial charge in [0.05, 0.1) is 12.6 Å². The molecule has 2 aromatic rings. The van der Waals surface area contributed by atoms with E-state index >= 15 is 0 Å². The van der Waals surface area contributed by atoms with Gasteiger partial charge in [-0.1, -0.05) is 6.07 Å². The van der Waals surface area contributed by atoms with Crippen molar-refractivity contribution in [1.29, 1.82) is 0 Å². The minimum Gasteiger partial charge on any atom is -0.442 e. The topological polar surface area (TPSA) is 63.7 Å². The van der Waals surface area contributed by atoms with Gasteiger partial charge in [-0.15, -0.1) is 0 Å². The maximum Gasteiger partial charge on any atom is 0.407 e. The second-order valence-corrected chi connectivity index (χ2v) is 5.50. The second kappa shape index (κ2) is 5.22. The van der Waals surface area contributed by atoms with Gasteiger partial charge >= 0.3 is 12.7 Å². The van der Waals surface area contributed by atoms with Crippen molar-refractivity contribution < 1.29 is 23.0 Å². The highest BCUT2D eigenvalue weighted by Gasteiger charge is 2.42. The van der Waals surface area contributed by atoms with Gasteiger partial charge in [0.2, 0.25) is 0 Å². The van der Waals surface area contributed by atoms with E-state index in [0.717, 1.165) is 10.8 Å². The van der Waals surface area contributed by atoms with Gasteiger partial charge in [0.25, 0.3) is 0 Å². The van der Waals surface area contributed by atoms with Crippen molar-refractivity contribution in [2.75, 3.05) is 18.0 Å². The van der Waals surface area contributed by atoms with Crippen LogP contribution in [-0.4, -0.2) is 42.9 Å². The molecule has 1 amide bonds. The van der Waals surface area contributed by atoms with E-state index < -0.39 is 12.7 Å². The molecule has 0 saturated carbocycles. The summed E-state index contributed by atoms with van der Waals surface area (Å²) in [7, 11) is 0. The molecule has 6 nitrogen and oxygen atoms in total. The summed E-state index contributed by atoms with van der Waals surface area (Å²) in [6, 6.07) is 6.49. The number of hydrogen-bond donors (Lipinski definition) is 1. The number of alkyl halides is 2. The van der Waals surface area contributed by atoms with Crippen LogP contribution in [0, 0.1) is 0 Å². The van der Waals surface area contributed by atoms with Gasteiger partial charge < -0.3 is 19.7 Å². The van der Waals surface area contributed by atoms with Gasteiger partial charge in [0, 0.05) is 18.1 Å². The third kappa shape index (κ3) is 2.49. The Morgan fingerprint density at radius 3 is 3.00 bits per heavy atom. The fourth-order valence-electron chi connectivity index (χ4n) is 3.09. The fraction of sp³-hybridized carbons (Fsp3) is 0.333. The van der Waals surface area contributed by atoms with Crippen LogP contribution >= 0.6 is 0 Å². The van der Waals surface area contributed by atoms with Crippen molar-refractivity contribution in [3.63, 3.8) is 0 Å². The summed E-state index contributed by atoms with van der Waals surface area (Å²) in [6.07, 6.45) is 1.04. The Bertz CT molecular complexity index is 755. The smallest absolute Gasteiger partial charge is 0.407 e. The summed E-state index contributed by atoms with van der Waals surface area (Å²) in [5.41, 5.74) is 0. The van der Waals surface area contributed by atoms with Crippen molar-refractivity contribution >= 4 is 22.7 Å². The molecular formula is C15H13F2N3O3. The zero-order valence-electron chi connectivity index (χ0n) is 11.9. The lowest BCUT2D eigenvalue weighted by Gasteiger charge is -2.20. The maximum absolute atomic E-state index is 12.4. The molecule has 3 heterocycles. The SMILES string of the molecule is O=C1NC2CN(c3nccc4ccc(OC(F)F)cc34)CC2O1. The predicted molar refractivity (Wildman–Crippen MR) is 77.8 cm³/mol. The number of ether oxygens (including phenoxy) is 2. The molecule has 8 heteroatoms. The number of halogens is 2. The lowest BCUT2D eigenvalue weighted by Crippen LogP contribution is -2.32. The Hall–Kier alpha value is -2.64. The number of nitrogens with zero attached hydrogens (tertiary/aromatic N) is 2. The Morgan fingerprint density at radius 2 is 2.22 bits per heavy atom. The van der Waals surface area contributed by atoms with Crippen LogP contribution in [0.5, 0.6) is 5.75 Å². The molecule has 0 aliphatic carbocycles. The quantitative estimate of drug-likeness (QED) is 0.938. The molecular weight excluding hydrogens is 308 g/mol. The van der Waals surface area contributed by atoms with Crippen molar-refractivity contribution in [2.24, 2.45) is 0 Å². The maximum atomic E-state index is 12.4. The summed E-state index contributed by atoms with van der Waals surface area (Å²) in [5, 5.41) is 4.34. The monoisotopic (exact) mass is 321 g/mol. The summed E-state index contributed by atoms with van der Waals surface area (Å²) in [4.78, 5) is 17.6. The zero-order valence-corrected chi connectivity index (χ0v) is 11.9. The minimum absolute atomic E-state index is 0.0833. The Labute approximate surface area is 130 Å². The fourth-order valence-corrected chi connectivity index (χ4v) is 3.09. The second-order valence-electron chi connectivity index (χ2n) is 5.50. The van der Waals surface area contributed by atoms with Crippen molar-refractivity contribution in [2.45, 2.75) is 18.8 Å². The number of amides is 1. The molecule has 120 valence electrons. The molecule has 2 saturated heterocycles. The molecule has 0 bridgehead atoms. The number of benzene rings is 1. The van der Waals surface area contributed by atoms with Crippen LogP contribution in [0.1, 0.15) is 0 Å². The molecule has 2 atom stereocenters. The van der Waals surface area contributed by atoms with E-state index in [1.165, 1.54) is 6.07 Å². The first kappa shape index (κ1) is 14.0. The molecule has 23 heavy (non-hydrogen) atoms. The Morgan fingerprint density at radius 1 is 1.35 bits per heavy atom. The first-order valence-electron chi connectivity index (χ1n) is 7.16. The molecule has 2 aliphatic rings.